The van der Waals surface area contributed by atoms with E-state index in [1.807, 2.05) is 48.5 Å². The van der Waals surface area contributed by atoms with Crippen LogP contribution in [0, 0.1) is 6.92 Å². The predicted octanol–water partition coefficient (Wildman–Crippen LogP) is 1.41. The van der Waals surface area contributed by atoms with E-state index < -0.39 is 0 Å². The van der Waals surface area contributed by atoms with Crippen LogP contribution in [0.15, 0.2) is 42.4 Å². The molecule has 0 saturated carbocycles. The van der Waals surface area contributed by atoms with Crippen molar-refractivity contribution < 1.29 is 0 Å². The molecule has 0 unspecified atom stereocenters. The Bertz CT molecular complexity index is 412. The highest BCUT2D eigenvalue weighted by Gasteiger charge is 2.04. The van der Waals surface area contributed by atoms with Gasteiger partial charge in [0.05, 0.1) is 0 Å². The van der Waals surface area contributed by atoms with E-state index in [-0.39, 0.29) is 0 Å². The quantitative estimate of drug-likeness (QED) is 0.700. The summed E-state index contributed by atoms with van der Waals surface area (Å²) in [5.74, 6) is 0.838. The summed E-state index contributed by atoms with van der Waals surface area (Å²) in [5, 5.41) is 7.02. The van der Waals surface area contributed by atoms with Crippen molar-refractivity contribution in [1.82, 2.24) is 10.2 Å². The Morgan fingerprint density at radius 3 is 3.00 bits per heavy atom. The van der Waals surface area contributed by atoms with Gasteiger partial charge in [-0.15, -0.1) is 0 Å². The molecule has 0 aromatic carbocycles. The summed E-state index contributed by atoms with van der Waals surface area (Å²) in [6.45, 7) is 1.96. The molecule has 1 aromatic rings. The molecule has 1 aromatic heterocycles. The van der Waals surface area contributed by atoms with Gasteiger partial charge in [-0.25, -0.2) is 0 Å². The number of hydrogen-bond acceptors (Lipinski definition) is 3. The van der Waals surface area contributed by atoms with E-state index in [0.29, 0.717) is 5.70 Å². The van der Waals surface area contributed by atoms with Crippen LogP contribution in [-0.2, 0) is 0 Å². The molecular formula is C10H12N4. The average molecular weight is 188 g/mol. The van der Waals surface area contributed by atoms with Crippen LogP contribution >= 0.6 is 0 Å². The smallest absolute Gasteiger partial charge is 0.158 e. The van der Waals surface area contributed by atoms with Gasteiger partial charge in [0.25, 0.3) is 0 Å². The average Bonchev–Trinajstić information content (AvgIpc) is 2.45. The predicted molar refractivity (Wildman–Crippen MR) is 56.4 cm³/mol. The molecule has 1 aliphatic heterocycles. The van der Waals surface area contributed by atoms with E-state index >= 15 is 0 Å². The first kappa shape index (κ1) is 8.62. The van der Waals surface area contributed by atoms with Crippen LogP contribution < -0.4 is 10.6 Å². The second-order valence-corrected chi connectivity index (χ2v) is 3.15. The zero-order chi connectivity index (χ0) is 9.97. The van der Waals surface area contributed by atoms with Crippen molar-refractivity contribution in [3.05, 3.63) is 48.1 Å². The summed E-state index contributed by atoms with van der Waals surface area (Å²) < 4.78 is 0. The van der Waals surface area contributed by atoms with Gasteiger partial charge in [0.15, 0.2) is 5.82 Å². The molecule has 4 nitrogen and oxygen atoms in total. The van der Waals surface area contributed by atoms with Gasteiger partial charge < -0.3 is 10.6 Å². The molecule has 0 saturated heterocycles. The Kier molecular flexibility index (Phi) is 2.10. The molecule has 0 aliphatic carbocycles. The largest absolute Gasteiger partial charge is 0.398 e. The van der Waals surface area contributed by atoms with Crippen molar-refractivity contribution in [2.75, 3.05) is 4.90 Å². The van der Waals surface area contributed by atoms with Crippen molar-refractivity contribution >= 4 is 5.82 Å². The molecule has 0 spiro atoms. The second kappa shape index (κ2) is 3.41. The lowest BCUT2D eigenvalue weighted by atomic mass is 10.4. The molecule has 0 radical (unpaired) electrons. The van der Waals surface area contributed by atoms with Crippen LogP contribution in [0.3, 0.4) is 0 Å². The normalized spacial score (nSPS) is 15.5. The van der Waals surface area contributed by atoms with Crippen LogP contribution in [0.2, 0.25) is 0 Å². The van der Waals surface area contributed by atoms with Gasteiger partial charge in [-0.2, -0.15) is 5.10 Å². The molecule has 0 fully saturated rings. The summed E-state index contributed by atoms with van der Waals surface area (Å²) in [4.78, 5) is 1.87. The highest BCUT2D eigenvalue weighted by molar-refractivity contribution is 5.49. The second-order valence-electron chi connectivity index (χ2n) is 3.15. The molecule has 14 heavy (non-hydrogen) atoms. The Balaban J connectivity index is 2.31. The molecule has 0 amide bonds. The zero-order valence-corrected chi connectivity index (χ0v) is 7.94. The van der Waals surface area contributed by atoms with Gasteiger partial charge in [-0.05, 0) is 19.1 Å². The molecule has 1 aliphatic rings. The fraction of sp³-hybridized carbons (Fsp3) is 0.100. The van der Waals surface area contributed by atoms with E-state index in [1.165, 1.54) is 0 Å². The van der Waals surface area contributed by atoms with E-state index in [0.717, 1.165) is 11.5 Å². The number of aromatic nitrogens is 2. The number of aryl methyl sites for hydroxylation is 1. The van der Waals surface area contributed by atoms with Crippen molar-refractivity contribution in [3.63, 3.8) is 0 Å². The minimum absolute atomic E-state index is 0.704. The maximum atomic E-state index is 5.72. The summed E-state index contributed by atoms with van der Waals surface area (Å²) >= 11 is 0. The van der Waals surface area contributed by atoms with E-state index in [1.54, 1.807) is 0 Å². The molecule has 0 atom stereocenters. The Morgan fingerprint density at radius 1 is 1.43 bits per heavy atom. The molecule has 2 heterocycles. The van der Waals surface area contributed by atoms with E-state index in [4.69, 9.17) is 5.73 Å². The third-order valence-electron chi connectivity index (χ3n) is 1.89. The first-order valence-electron chi connectivity index (χ1n) is 4.38. The van der Waals surface area contributed by atoms with Crippen LogP contribution in [0.1, 0.15) is 5.69 Å². The topological polar surface area (TPSA) is 57.9 Å². The number of nitrogens with zero attached hydrogens (tertiary/aromatic N) is 2. The third kappa shape index (κ3) is 1.69. The number of hydrogen-bond donors (Lipinski definition) is 2. The molecule has 0 bridgehead atoms. The fourth-order valence-electron chi connectivity index (χ4n) is 1.23. The van der Waals surface area contributed by atoms with Crippen molar-refractivity contribution in [1.29, 1.82) is 0 Å². The van der Waals surface area contributed by atoms with Crippen molar-refractivity contribution in [2.24, 2.45) is 5.73 Å². The molecular weight excluding hydrogens is 176 g/mol. The first-order chi connectivity index (χ1) is 6.75. The van der Waals surface area contributed by atoms with Crippen LogP contribution in [0.4, 0.5) is 5.82 Å². The van der Waals surface area contributed by atoms with Crippen LogP contribution in [0.5, 0.6) is 0 Å². The van der Waals surface area contributed by atoms with Crippen molar-refractivity contribution in [2.45, 2.75) is 6.92 Å². The summed E-state index contributed by atoms with van der Waals surface area (Å²) in [7, 11) is 0. The minimum Gasteiger partial charge on any atom is -0.398 e. The van der Waals surface area contributed by atoms with Crippen molar-refractivity contribution in [3.8, 4) is 0 Å². The number of aromatic amines is 1. The van der Waals surface area contributed by atoms with Crippen LogP contribution in [-0.4, -0.2) is 10.2 Å². The van der Waals surface area contributed by atoms with E-state index in [2.05, 4.69) is 10.2 Å². The lowest BCUT2D eigenvalue weighted by molar-refractivity contribution is 1.02. The zero-order valence-electron chi connectivity index (χ0n) is 7.94. The lowest BCUT2D eigenvalue weighted by Crippen LogP contribution is -2.09. The number of allylic oxidation sites excluding steroid dienone is 3. The number of anilines is 1. The van der Waals surface area contributed by atoms with E-state index in [9.17, 15) is 0 Å². The third-order valence-corrected chi connectivity index (χ3v) is 1.89. The number of nitrogens with one attached hydrogen (secondary N) is 1. The van der Waals surface area contributed by atoms with Gasteiger partial charge in [-0.1, -0.05) is 6.08 Å². The molecule has 2 rings (SSSR count). The van der Waals surface area contributed by atoms with Gasteiger partial charge in [-0.3, -0.25) is 5.10 Å². The number of rotatable bonds is 1. The molecule has 4 heteroatoms. The molecule has 72 valence electrons. The highest BCUT2D eigenvalue weighted by atomic mass is 15.3. The highest BCUT2D eigenvalue weighted by Crippen LogP contribution is 2.14. The maximum Gasteiger partial charge on any atom is 0.158 e. The number of H-pyrrole nitrogens is 1. The SMILES string of the molecule is Cc1cc(N2C=CC=CC(N)=C2)n[nH]1. The Labute approximate surface area is 82.4 Å². The summed E-state index contributed by atoms with van der Waals surface area (Å²) in [5.41, 5.74) is 7.45. The first-order valence-corrected chi connectivity index (χ1v) is 4.38. The monoisotopic (exact) mass is 188 g/mol. The maximum absolute atomic E-state index is 5.72. The fourth-order valence-corrected chi connectivity index (χ4v) is 1.23. The molecule has 3 N–H and O–H groups in total. The standard InChI is InChI=1S/C10H12N4/c1-8-6-10(13-12-8)14-5-3-2-4-9(11)7-14/h2-7H,11H2,1H3,(H,12,13). The Hall–Kier alpha value is -1.97. The van der Waals surface area contributed by atoms with Gasteiger partial charge in [0.2, 0.25) is 0 Å². The summed E-state index contributed by atoms with van der Waals surface area (Å²) in [6.07, 6.45) is 9.39. The minimum atomic E-state index is 0.704. The number of nitrogens with two attached hydrogens (primary N) is 1. The van der Waals surface area contributed by atoms with Crippen LogP contribution in [0.25, 0.3) is 0 Å². The van der Waals surface area contributed by atoms with Gasteiger partial charge in [0, 0.05) is 29.9 Å². The Morgan fingerprint density at radius 2 is 2.29 bits per heavy atom. The van der Waals surface area contributed by atoms with Gasteiger partial charge in [0.1, 0.15) is 0 Å². The summed E-state index contributed by atoms with van der Waals surface area (Å²) in [6, 6.07) is 1.96. The van der Waals surface area contributed by atoms with Gasteiger partial charge >= 0.3 is 0 Å². The lowest BCUT2D eigenvalue weighted by Gasteiger charge is -2.10.